The molecule has 112 valence electrons. The van der Waals surface area contributed by atoms with Gasteiger partial charge in [0, 0.05) is 37.8 Å². The van der Waals surface area contributed by atoms with Crippen LogP contribution in [0.1, 0.15) is 23.2 Å². The van der Waals surface area contributed by atoms with E-state index in [0.29, 0.717) is 31.7 Å². The smallest absolute Gasteiger partial charge is 0.250 e. The van der Waals surface area contributed by atoms with E-state index in [2.05, 4.69) is 0 Å². The molecule has 0 radical (unpaired) electrons. The minimum Gasteiger partial charge on any atom is -0.398 e. The van der Waals surface area contributed by atoms with E-state index in [1.165, 1.54) is 6.07 Å². The number of anilines is 2. The Morgan fingerprint density at radius 2 is 2.10 bits per heavy atom. The van der Waals surface area contributed by atoms with Gasteiger partial charge in [-0.2, -0.15) is 0 Å². The third kappa shape index (κ3) is 2.28. The summed E-state index contributed by atoms with van der Waals surface area (Å²) in [5.74, 6) is -0.992. The van der Waals surface area contributed by atoms with Gasteiger partial charge in [-0.3, -0.25) is 9.59 Å². The Balaban J connectivity index is 1.89. The third-order valence-corrected chi connectivity index (χ3v) is 4.22. The zero-order valence-corrected chi connectivity index (χ0v) is 11.5. The van der Waals surface area contributed by atoms with Crippen LogP contribution in [0.15, 0.2) is 12.1 Å². The molecule has 21 heavy (non-hydrogen) atoms. The second kappa shape index (κ2) is 4.91. The highest BCUT2D eigenvalue weighted by Crippen LogP contribution is 2.30. The Hall–Kier alpha value is -2.31. The number of carbonyl (C=O) groups excluding carboxylic acids is 2. The van der Waals surface area contributed by atoms with Crippen molar-refractivity contribution in [3.8, 4) is 0 Å². The molecule has 0 aromatic heterocycles. The van der Waals surface area contributed by atoms with Gasteiger partial charge in [0.05, 0.1) is 11.3 Å². The number of fused-ring (bicyclic) bond motifs is 1. The molecular weight excluding hydrogens is 275 g/mol. The summed E-state index contributed by atoms with van der Waals surface area (Å²) in [6.07, 6.45) is 1.34. The van der Waals surface area contributed by atoms with Gasteiger partial charge in [0.1, 0.15) is 5.82 Å². The number of piperazine rings is 1. The van der Waals surface area contributed by atoms with Gasteiger partial charge in [0.15, 0.2) is 0 Å². The van der Waals surface area contributed by atoms with Crippen molar-refractivity contribution >= 4 is 23.2 Å². The number of halogens is 1. The van der Waals surface area contributed by atoms with Crippen molar-refractivity contribution in [1.29, 1.82) is 0 Å². The van der Waals surface area contributed by atoms with Crippen LogP contribution in [-0.2, 0) is 4.79 Å². The normalized spacial score (nSPS) is 21.6. The van der Waals surface area contributed by atoms with Crippen LogP contribution in [0.5, 0.6) is 0 Å². The first-order valence-electron chi connectivity index (χ1n) is 6.90. The molecule has 7 heteroatoms. The van der Waals surface area contributed by atoms with E-state index in [4.69, 9.17) is 11.5 Å². The molecule has 6 nitrogen and oxygen atoms in total. The Morgan fingerprint density at radius 1 is 1.33 bits per heavy atom. The van der Waals surface area contributed by atoms with Crippen LogP contribution in [0.4, 0.5) is 15.8 Å². The number of primary amides is 1. The zero-order valence-electron chi connectivity index (χ0n) is 11.5. The van der Waals surface area contributed by atoms with Crippen LogP contribution in [0.2, 0.25) is 0 Å². The van der Waals surface area contributed by atoms with Crippen molar-refractivity contribution in [2.24, 2.45) is 5.73 Å². The van der Waals surface area contributed by atoms with E-state index in [1.807, 2.05) is 9.80 Å². The molecule has 2 heterocycles. The number of carbonyl (C=O) groups is 2. The van der Waals surface area contributed by atoms with Gasteiger partial charge in [-0.1, -0.05) is 0 Å². The molecule has 2 fully saturated rings. The molecule has 2 saturated heterocycles. The summed E-state index contributed by atoms with van der Waals surface area (Å²) in [5.41, 5.74) is 11.3. The van der Waals surface area contributed by atoms with E-state index < -0.39 is 11.7 Å². The Morgan fingerprint density at radius 3 is 2.81 bits per heavy atom. The molecule has 0 bridgehead atoms. The van der Waals surface area contributed by atoms with Crippen molar-refractivity contribution in [2.45, 2.75) is 18.9 Å². The van der Waals surface area contributed by atoms with Crippen molar-refractivity contribution in [3.05, 3.63) is 23.5 Å². The van der Waals surface area contributed by atoms with Crippen molar-refractivity contribution in [2.75, 3.05) is 30.3 Å². The number of hydrogen-bond acceptors (Lipinski definition) is 4. The highest BCUT2D eigenvalue weighted by molar-refractivity contribution is 5.99. The molecular formula is C14H17FN4O2. The Kier molecular flexibility index (Phi) is 3.19. The van der Waals surface area contributed by atoms with Crippen molar-refractivity contribution in [3.63, 3.8) is 0 Å². The number of benzene rings is 1. The van der Waals surface area contributed by atoms with Gasteiger partial charge < -0.3 is 21.3 Å². The fraction of sp³-hybridized carbons (Fsp3) is 0.429. The monoisotopic (exact) mass is 292 g/mol. The SMILES string of the molecule is NC(=O)c1cc(N2CCN3C(=O)CCC3C2)c(F)cc1N. The van der Waals surface area contributed by atoms with Gasteiger partial charge in [-0.05, 0) is 18.6 Å². The number of amides is 2. The number of rotatable bonds is 2. The third-order valence-electron chi connectivity index (χ3n) is 4.22. The molecule has 0 aliphatic carbocycles. The lowest BCUT2D eigenvalue weighted by atomic mass is 10.1. The summed E-state index contributed by atoms with van der Waals surface area (Å²) in [6, 6.07) is 2.64. The van der Waals surface area contributed by atoms with Gasteiger partial charge in [0.2, 0.25) is 5.91 Å². The van der Waals surface area contributed by atoms with E-state index in [0.717, 1.165) is 12.5 Å². The lowest BCUT2D eigenvalue weighted by Crippen LogP contribution is -2.51. The largest absolute Gasteiger partial charge is 0.398 e. The second-order valence-corrected chi connectivity index (χ2v) is 5.48. The number of nitrogen functional groups attached to an aromatic ring is 1. The number of hydrogen-bond donors (Lipinski definition) is 2. The highest BCUT2D eigenvalue weighted by atomic mass is 19.1. The lowest BCUT2D eigenvalue weighted by Gasteiger charge is -2.39. The van der Waals surface area contributed by atoms with E-state index in [-0.39, 0.29) is 23.2 Å². The van der Waals surface area contributed by atoms with Crippen LogP contribution >= 0.6 is 0 Å². The van der Waals surface area contributed by atoms with Crippen molar-refractivity contribution < 1.29 is 14.0 Å². The summed E-state index contributed by atoms with van der Waals surface area (Å²) < 4.78 is 14.1. The van der Waals surface area contributed by atoms with E-state index in [9.17, 15) is 14.0 Å². The first-order chi connectivity index (χ1) is 9.97. The minimum atomic E-state index is -0.677. The van der Waals surface area contributed by atoms with Gasteiger partial charge >= 0.3 is 0 Å². The fourth-order valence-corrected chi connectivity index (χ4v) is 3.12. The quantitative estimate of drug-likeness (QED) is 0.768. The maximum atomic E-state index is 14.1. The molecule has 2 aliphatic heterocycles. The van der Waals surface area contributed by atoms with Crippen molar-refractivity contribution in [1.82, 2.24) is 4.90 Å². The molecule has 0 saturated carbocycles. The predicted molar refractivity (Wildman–Crippen MR) is 76.3 cm³/mol. The molecule has 2 aliphatic rings. The molecule has 3 rings (SSSR count). The average molecular weight is 292 g/mol. The average Bonchev–Trinajstić information content (AvgIpc) is 2.79. The standard InChI is InChI=1S/C14H17FN4O2/c15-10-6-11(16)9(14(17)21)5-12(10)18-3-4-19-8(7-18)1-2-13(19)20/h5-6,8H,1-4,7,16H2,(H2,17,21). The van der Waals surface area contributed by atoms with E-state index >= 15 is 0 Å². The molecule has 1 aromatic carbocycles. The first kappa shape index (κ1) is 13.7. The molecule has 4 N–H and O–H groups in total. The summed E-state index contributed by atoms with van der Waals surface area (Å²) in [5, 5.41) is 0. The van der Waals surface area contributed by atoms with Crippen LogP contribution < -0.4 is 16.4 Å². The fourth-order valence-electron chi connectivity index (χ4n) is 3.12. The summed E-state index contributed by atoms with van der Waals surface area (Å²) >= 11 is 0. The molecule has 0 spiro atoms. The minimum absolute atomic E-state index is 0.0402. The Labute approximate surface area is 121 Å². The maximum Gasteiger partial charge on any atom is 0.250 e. The maximum absolute atomic E-state index is 14.1. The zero-order chi connectivity index (χ0) is 15.1. The summed E-state index contributed by atoms with van der Waals surface area (Å²) in [4.78, 5) is 26.7. The molecule has 2 amide bonds. The first-order valence-corrected chi connectivity index (χ1v) is 6.90. The van der Waals surface area contributed by atoms with Crippen LogP contribution in [0, 0.1) is 5.82 Å². The van der Waals surface area contributed by atoms with Gasteiger partial charge in [0.25, 0.3) is 5.91 Å². The van der Waals surface area contributed by atoms with Crippen LogP contribution in [0.25, 0.3) is 0 Å². The highest BCUT2D eigenvalue weighted by Gasteiger charge is 2.36. The molecule has 1 unspecified atom stereocenters. The lowest BCUT2D eigenvalue weighted by molar-refractivity contribution is -0.129. The molecule has 1 aromatic rings. The summed E-state index contributed by atoms with van der Waals surface area (Å²) in [7, 11) is 0. The van der Waals surface area contributed by atoms with E-state index in [1.54, 1.807) is 0 Å². The number of nitrogens with two attached hydrogens (primary N) is 2. The van der Waals surface area contributed by atoms with Crippen LogP contribution in [-0.4, -0.2) is 42.4 Å². The van der Waals surface area contributed by atoms with Crippen LogP contribution in [0.3, 0.4) is 0 Å². The number of nitrogens with zero attached hydrogens (tertiary/aromatic N) is 2. The Bertz CT molecular complexity index is 619. The van der Waals surface area contributed by atoms with Gasteiger partial charge in [-0.15, -0.1) is 0 Å². The second-order valence-electron chi connectivity index (χ2n) is 5.48. The molecule has 1 atom stereocenters. The summed E-state index contributed by atoms with van der Waals surface area (Å²) in [6.45, 7) is 1.66. The van der Waals surface area contributed by atoms with Gasteiger partial charge in [-0.25, -0.2) is 4.39 Å². The topological polar surface area (TPSA) is 92.7 Å². The predicted octanol–water partition coefficient (Wildman–Crippen LogP) is 0.318.